The van der Waals surface area contributed by atoms with Crippen LogP contribution in [-0.2, 0) is 9.53 Å². The van der Waals surface area contributed by atoms with Gasteiger partial charge in [0, 0.05) is 6.42 Å². The number of rotatable bonds is 4. The lowest BCUT2D eigenvalue weighted by atomic mass is 9.70. The van der Waals surface area contributed by atoms with Gasteiger partial charge in [-0.25, -0.2) is 0 Å². The first-order chi connectivity index (χ1) is 10.8. The van der Waals surface area contributed by atoms with E-state index in [1.54, 1.807) is 0 Å². The van der Waals surface area contributed by atoms with E-state index in [2.05, 4.69) is 0 Å². The molecule has 126 valence electrons. The molecule has 22 heavy (non-hydrogen) atoms. The fourth-order valence-electron chi connectivity index (χ4n) is 5.12. The smallest absolute Gasteiger partial charge is 0.306 e. The molecule has 3 aliphatic rings. The van der Waals surface area contributed by atoms with E-state index in [0.717, 1.165) is 24.7 Å². The molecule has 0 bridgehead atoms. The van der Waals surface area contributed by atoms with Crippen LogP contribution >= 0.6 is 0 Å². The van der Waals surface area contributed by atoms with Crippen LogP contribution < -0.4 is 0 Å². The molecule has 3 saturated carbocycles. The van der Waals surface area contributed by atoms with E-state index in [9.17, 15) is 4.79 Å². The Bertz CT molecular complexity index is 332. The molecule has 0 atom stereocenters. The van der Waals surface area contributed by atoms with Crippen LogP contribution in [0.1, 0.15) is 96.3 Å². The van der Waals surface area contributed by atoms with E-state index in [0.29, 0.717) is 12.3 Å². The first-order valence-electron chi connectivity index (χ1n) is 10.0. The molecule has 2 nitrogen and oxygen atoms in total. The van der Waals surface area contributed by atoms with Crippen molar-refractivity contribution >= 4 is 5.97 Å². The Morgan fingerprint density at radius 2 is 1.23 bits per heavy atom. The third-order valence-corrected chi connectivity index (χ3v) is 6.51. The standard InChI is InChI=1S/C20H34O2/c21-20(22-19-9-5-2-6-10-19)15-16-11-13-18(14-12-16)17-7-3-1-4-8-17/h16-19H,1-15H2. The molecule has 0 heterocycles. The Morgan fingerprint density at radius 1 is 0.682 bits per heavy atom. The largest absolute Gasteiger partial charge is 0.462 e. The Morgan fingerprint density at radius 3 is 1.86 bits per heavy atom. The van der Waals surface area contributed by atoms with Crippen molar-refractivity contribution in [1.82, 2.24) is 0 Å². The molecule has 0 aromatic heterocycles. The number of carbonyl (C=O) groups excluding carboxylic acids is 1. The van der Waals surface area contributed by atoms with E-state index in [1.165, 1.54) is 77.0 Å². The zero-order chi connectivity index (χ0) is 15.2. The molecular formula is C20H34O2. The van der Waals surface area contributed by atoms with Crippen molar-refractivity contribution in [3.8, 4) is 0 Å². The van der Waals surface area contributed by atoms with Crippen LogP contribution in [-0.4, -0.2) is 12.1 Å². The number of hydrogen-bond acceptors (Lipinski definition) is 2. The molecule has 3 rings (SSSR count). The van der Waals surface area contributed by atoms with Gasteiger partial charge in [-0.1, -0.05) is 38.5 Å². The minimum Gasteiger partial charge on any atom is -0.462 e. The van der Waals surface area contributed by atoms with Crippen LogP contribution in [0.3, 0.4) is 0 Å². The van der Waals surface area contributed by atoms with Gasteiger partial charge in [-0.05, 0) is 69.1 Å². The number of hydrogen-bond donors (Lipinski definition) is 0. The molecule has 0 spiro atoms. The summed E-state index contributed by atoms with van der Waals surface area (Å²) in [5.74, 6) is 2.67. The molecule has 0 saturated heterocycles. The number of carbonyl (C=O) groups is 1. The van der Waals surface area contributed by atoms with Crippen LogP contribution in [0.4, 0.5) is 0 Å². The van der Waals surface area contributed by atoms with E-state index in [1.807, 2.05) is 0 Å². The maximum Gasteiger partial charge on any atom is 0.306 e. The van der Waals surface area contributed by atoms with Gasteiger partial charge in [0.05, 0.1) is 0 Å². The molecule has 0 aromatic carbocycles. The lowest BCUT2D eigenvalue weighted by Crippen LogP contribution is -2.26. The first-order valence-corrected chi connectivity index (χ1v) is 10.0. The summed E-state index contributed by atoms with van der Waals surface area (Å²) in [4.78, 5) is 12.1. The summed E-state index contributed by atoms with van der Waals surface area (Å²) in [6.07, 6.45) is 19.5. The predicted molar refractivity (Wildman–Crippen MR) is 89.6 cm³/mol. The van der Waals surface area contributed by atoms with E-state index in [-0.39, 0.29) is 12.1 Å². The molecular weight excluding hydrogens is 272 g/mol. The zero-order valence-electron chi connectivity index (χ0n) is 14.2. The minimum absolute atomic E-state index is 0.0908. The van der Waals surface area contributed by atoms with Crippen molar-refractivity contribution in [2.24, 2.45) is 17.8 Å². The van der Waals surface area contributed by atoms with Crippen molar-refractivity contribution in [2.75, 3.05) is 0 Å². The van der Waals surface area contributed by atoms with E-state index in [4.69, 9.17) is 4.74 Å². The van der Waals surface area contributed by atoms with Crippen molar-refractivity contribution in [3.63, 3.8) is 0 Å². The third-order valence-electron chi connectivity index (χ3n) is 6.51. The highest BCUT2D eigenvalue weighted by molar-refractivity contribution is 5.69. The van der Waals surface area contributed by atoms with Gasteiger partial charge in [0.1, 0.15) is 6.10 Å². The topological polar surface area (TPSA) is 26.3 Å². The van der Waals surface area contributed by atoms with Gasteiger partial charge in [-0.15, -0.1) is 0 Å². The highest BCUT2D eigenvalue weighted by Gasteiger charge is 2.30. The normalized spacial score (nSPS) is 31.8. The Labute approximate surface area is 136 Å². The molecule has 3 aliphatic carbocycles. The summed E-state index contributed by atoms with van der Waals surface area (Å²) in [6, 6.07) is 0. The molecule has 0 amide bonds. The first kappa shape index (κ1) is 16.3. The molecule has 0 aliphatic heterocycles. The van der Waals surface area contributed by atoms with Gasteiger partial charge < -0.3 is 4.74 Å². The molecule has 0 radical (unpaired) electrons. The molecule has 3 fully saturated rings. The fourth-order valence-corrected chi connectivity index (χ4v) is 5.12. The Kier molecular flexibility index (Phi) is 6.20. The highest BCUT2D eigenvalue weighted by Crippen LogP contribution is 2.40. The second-order valence-electron chi connectivity index (χ2n) is 8.13. The van der Waals surface area contributed by atoms with Crippen molar-refractivity contribution < 1.29 is 9.53 Å². The van der Waals surface area contributed by atoms with Crippen LogP contribution in [0.5, 0.6) is 0 Å². The summed E-state index contributed by atoms with van der Waals surface area (Å²) in [6.45, 7) is 0. The summed E-state index contributed by atoms with van der Waals surface area (Å²) in [7, 11) is 0. The van der Waals surface area contributed by atoms with Crippen LogP contribution in [0.25, 0.3) is 0 Å². The summed E-state index contributed by atoms with van der Waals surface area (Å²) in [5, 5.41) is 0. The maximum absolute atomic E-state index is 12.1. The fraction of sp³-hybridized carbons (Fsp3) is 0.950. The van der Waals surface area contributed by atoms with Gasteiger partial charge >= 0.3 is 5.97 Å². The lowest BCUT2D eigenvalue weighted by Gasteiger charge is -2.35. The lowest BCUT2D eigenvalue weighted by molar-refractivity contribution is -0.152. The number of ether oxygens (including phenoxy) is 1. The van der Waals surface area contributed by atoms with Crippen LogP contribution in [0.15, 0.2) is 0 Å². The van der Waals surface area contributed by atoms with Gasteiger partial charge in [0.25, 0.3) is 0 Å². The second-order valence-corrected chi connectivity index (χ2v) is 8.13. The highest BCUT2D eigenvalue weighted by atomic mass is 16.5. The Balaban J connectivity index is 1.35. The maximum atomic E-state index is 12.1. The molecule has 2 heteroatoms. The SMILES string of the molecule is O=C(CC1CCC(C2CCCCC2)CC1)OC1CCCCC1. The molecule has 0 aromatic rings. The quantitative estimate of drug-likeness (QED) is 0.628. The van der Waals surface area contributed by atoms with E-state index >= 15 is 0 Å². The second kappa shape index (κ2) is 8.36. The molecule has 0 unspecified atom stereocenters. The van der Waals surface area contributed by atoms with Gasteiger partial charge in [-0.2, -0.15) is 0 Å². The third kappa shape index (κ3) is 4.73. The van der Waals surface area contributed by atoms with Gasteiger partial charge in [0.2, 0.25) is 0 Å². The summed E-state index contributed by atoms with van der Waals surface area (Å²) in [5.41, 5.74) is 0. The summed E-state index contributed by atoms with van der Waals surface area (Å²) < 4.78 is 5.70. The molecule has 0 N–H and O–H groups in total. The average Bonchev–Trinajstić information content (AvgIpc) is 2.57. The summed E-state index contributed by atoms with van der Waals surface area (Å²) >= 11 is 0. The van der Waals surface area contributed by atoms with Crippen LogP contribution in [0, 0.1) is 17.8 Å². The van der Waals surface area contributed by atoms with Crippen molar-refractivity contribution in [1.29, 1.82) is 0 Å². The minimum atomic E-state index is 0.0908. The predicted octanol–water partition coefficient (Wildman–Crippen LogP) is 5.64. The van der Waals surface area contributed by atoms with Gasteiger partial charge in [-0.3, -0.25) is 4.79 Å². The van der Waals surface area contributed by atoms with Crippen molar-refractivity contribution in [2.45, 2.75) is 102 Å². The van der Waals surface area contributed by atoms with Gasteiger partial charge in [0.15, 0.2) is 0 Å². The number of esters is 1. The monoisotopic (exact) mass is 306 g/mol. The van der Waals surface area contributed by atoms with E-state index < -0.39 is 0 Å². The Hall–Kier alpha value is -0.530. The zero-order valence-corrected chi connectivity index (χ0v) is 14.2. The van der Waals surface area contributed by atoms with Crippen LogP contribution in [0.2, 0.25) is 0 Å². The van der Waals surface area contributed by atoms with Crippen molar-refractivity contribution in [3.05, 3.63) is 0 Å². The average molecular weight is 306 g/mol.